The van der Waals surface area contributed by atoms with Gasteiger partial charge in [-0.3, -0.25) is 4.79 Å². The van der Waals surface area contributed by atoms with Crippen LogP contribution >= 0.6 is 27.3 Å². The molecule has 4 heteroatoms. The van der Waals surface area contributed by atoms with Crippen LogP contribution < -0.4 is 5.32 Å². The van der Waals surface area contributed by atoms with E-state index in [-0.39, 0.29) is 11.9 Å². The van der Waals surface area contributed by atoms with Crippen molar-refractivity contribution in [3.8, 4) is 0 Å². The zero-order valence-electron chi connectivity index (χ0n) is 13.3. The number of thiophene rings is 1. The smallest absolute Gasteiger partial charge is 0.252 e. The van der Waals surface area contributed by atoms with Gasteiger partial charge in [-0.15, -0.1) is 11.3 Å². The molecule has 2 aromatic carbocycles. The van der Waals surface area contributed by atoms with Crippen LogP contribution in [0.3, 0.4) is 0 Å². The Morgan fingerprint density at radius 1 is 1.12 bits per heavy atom. The first-order valence-corrected chi connectivity index (χ1v) is 9.53. The van der Waals surface area contributed by atoms with E-state index in [4.69, 9.17) is 0 Å². The second-order valence-corrected chi connectivity index (χ2v) is 7.42. The molecular weight excluding hydrogens is 382 g/mol. The summed E-state index contributed by atoms with van der Waals surface area (Å²) in [5.74, 6) is -0.0748. The standard InChI is InChI=1S/C20H18BrNOS/c1-2-14-8-10-15(11-9-14)19(18-7-4-12-24-18)22-20(23)16-5-3-6-17(21)13-16/h3-13,19H,2H2,1H3,(H,22,23)/t19-/m0/s1. The Bertz CT molecular complexity index is 812. The van der Waals surface area contributed by atoms with Crippen LogP contribution in [0.1, 0.15) is 39.3 Å². The molecule has 0 bridgehead atoms. The highest BCUT2D eigenvalue weighted by atomic mass is 79.9. The third-order valence-corrected chi connectivity index (χ3v) is 5.34. The Labute approximate surface area is 154 Å². The van der Waals surface area contributed by atoms with Gasteiger partial charge in [0, 0.05) is 14.9 Å². The van der Waals surface area contributed by atoms with Gasteiger partial charge in [0.2, 0.25) is 0 Å². The summed E-state index contributed by atoms with van der Waals surface area (Å²) in [5.41, 5.74) is 3.04. The van der Waals surface area contributed by atoms with Crippen molar-refractivity contribution in [1.29, 1.82) is 0 Å². The molecule has 122 valence electrons. The van der Waals surface area contributed by atoms with Crippen LogP contribution in [0.2, 0.25) is 0 Å². The summed E-state index contributed by atoms with van der Waals surface area (Å²) < 4.78 is 0.898. The molecule has 1 atom stereocenters. The lowest BCUT2D eigenvalue weighted by atomic mass is 10.0. The van der Waals surface area contributed by atoms with Crippen molar-refractivity contribution in [2.75, 3.05) is 0 Å². The van der Waals surface area contributed by atoms with Crippen LogP contribution in [0.5, 0.6) is 0 Å². The fourth-order valence-electron chi connectivity index (χ4n) is 2.56. The Hall–Kier alpha value is -1.91. The number of amides is 1. The van der Waals surface area contributed by atoms with E-state index in [0.717, 1.165) is 21.3 Å². The minimum absolute atomic E-state index is 0.0748. The van der Waals surface area contributed by atoms with E-state index in [1.165, 1.54) is 5.56 Å². The van der Waals surface area contributed by atoms with Crippen molar-refractivity contribution < 1.29 is 4.79 Å². The average molecular weight is 400 g/mol. The van der Waals surface area contributed by atoms with Crippen molar-refractivity contribution in [1.82, 2.24) is 5.32 Å². The second-order valence-electron chi connectivity index (χ2n) is 5.53. The van der Waals surface area contributed by atoms with Crippen LogP contribution in [0.15, 0.2) is 70.5 Å². The molecule has 0 radical (unpaired) electrons. The number of hydrogen-bond acceptors (Lipinski definition) is 2. The Morgan fingerprint density at radius 3 is 2.54 bits per heavy atom. The van der Waals surface area contributed by atoms with E-state index in [1.807, 2.05) is 35.7 Å². The number of nitrogens with one attached hydrogen (secondary N) is 1. The van der Waals surface area contributed by atoms with E-state index in [0.29, 0.717) is 5.56 Å². The van der Waals surface area contributed by atoms with E-state index >= 15 is 0 Å². The molecule has 0 saturated carbocycles. The van der Waals surface area contributed by atoms with E-state index in [1.54, 1.807) is 11.3 Å². The van der Waals surface area contributed by atoms with Gasteiger partial charge < -0.3 is 5.32 Å². The van der Waals surface area contributed by atoms with Crippen molar-refractivity contribution >= 4 is 33.2 Å². The van der Waals surface area contributed by atoms with Gasteiger partial charge in [-0.1, -0.05) is 59.3 Å². The highest BCUT2D eigenvalue weighted by Gasteiger charge is 2.19. The van der Waals surface area contributed by atoms with Gasteiger partial charge in [-0.05, 0) is 47.2 Å². The van der Waals surface area contributed by atoms with Crippen molar-refractivity contribution in [3.05, 3.63) is 92.1 Å². The molecule has 1 aromatic heterocycles. The predicted octanol–water partition coefficient (Wildman–Crippen LogP) is 5.59. The minimum atomic E-state index is -0.137. The molecule has 1 N–H and O–H groups in total. The number of carbonyl (C=O) groups excluding carboxylic acids is 1. The quantitative estimate of drug-likeness (QED) is 0.594. The maximum absolute atomic E-state index is 12.7. The highest BCUT2D eigenvalue weighted by Crippen LogP contribution is 2.27. The van der Waals surface area contributed by atoms with Gasteiger partial charge in [0.1, 0.15) is 0 Å². The minimum Gasteiger partial charge on any atom is -0.340 e. The fourth-order valence-corrected chi connectivity index (χ4v) is 3.77. The van der Waals surface area contributed by atoms with Crippen LogP contribution in [0, 0.1) is 0 Å². The lowest BCUT2D eigenvalue weighted by Crippen LogP contribution is -2.28. The molecule has 3 rings (SSSR count). The van der Waals surface area contributed by atoms with Gasteiger partial charge in [0.15, 0.2) is 0 Å². The first kappa shape index (κ1) is 16.9. The molecule has 1 amide bonds. The molecular formula is C20H18BrNOS. The first-order chi connectivity index (χ1) is 11.7. The topological polar surface area (TPSA) is 29.1 Å². The van der Waals surface area contributed by atoms with Crippen LogP contribution in [-0.4, -0.2) is 5.91 Å². The summed E-state index contributed by atoms with van der Waals surface area (Å²) in [6.45, 7) is 2.14. The van der Waals surface area contributed by atoms with Crippen LogP contribution in [0.4, 0.5) is 0 Å². The molecule has 0 aliphatic carbocycles. The molecule has 24 heavy (non-hydrogen) atoms. The lowest BCUT2D eigenvalue weighted by Gasteiger charge is -2.18. The Kier molecular flexibility index (Phi) is 5.48. The summed E-state index contributed by atoms with van der Waals surface area (Å²) in [5, 5.41) is 5.20. The Balaban J connectivity index is 1.89. The van der Waals surface area contributed by atoms with E-state index in [9.17, 15) is 4.79 Å². The fraction of sp³-hybridized carbons (Fsp3) is 0.150. The maximum Gasteiger partial charge on any atom is 0.252 e. The molecule has 2 nitrogen and oxygen atoms in total. The SMILES string of the molecule is CCc1ccc([C@H](NC(=O)c2cccc(Br)c2)c2cccs2)cc1. The second kappa shape index (κ2) is 7.77. The molecule has 0 aliphatic heterocycles. The summed E-state index contributed by atoms with van der Waals surface area (Å²) in [6, 6.07) is 19.8. The normalized spacial score (nSPS) is 11.9. The molecule has 0 saturated heterocycles. The number of carbonyl (C=O) groups is 1. The predicted molar refractivity (Wildman–Crippen MR) is 104 cm³/mol. The van der Waals surface area contributed by atoms with Crippen molar-refractivity contribution in [3.63, 3.8) is 0 Å². The number of rotatable bonds is 5. The molecule has 0 spiro atoms. The van der Waals surface area contributed by atoms with E-state index in [2.05, 4.69) is 58.5 Å². The summed E-state index contributed by atoms with van der Waals surface area (Å²) in [4.78, 5) is 13.8. The van der Waals surface area contributed by atoms with Crippen LogP contribution in [-0.2, 0) is 6.42 Å². The molecule has 1 heterocycles. The van der Waals surface area contributed by atoms with Crippen LogP contribution in [0.25, 0.3) is 0 Å². The number of hydrogen-bond donors (Lipinski definition) is 1. The monoisotopic (exact) mass is 399 g/mol. The van der Waals surface area contributed by atoms with Gasteiger partial charge in [0.25, 0.3) is 5.91 Å². The molecule has 0 fully saturated rings. The van der Waals surface area contributed by atoms with Gasteiger partial charge in [0.05, 0.1) is 6.04 Å². The maximum atomic E-state index is 12.7. The summed E-state index contributed by atoms with van der Waals surface area (Å²) in [6.07, 6.45) is 1.01. The van der Waals surface area contributed by atoms with Crippen molar-refractivity contribution in [2.24, 2.45) is 0 Å². The van der Waals surface area contributed by atoms with Gasteiger partial charge in [-0.25, -0.2) is 0 Å². The number of benzene rings is 2. The zero-order chi connectivity index (χ0) is 16.9. The van der Waals surface area contributed by atoms with Gasteiger partial charge in [-0.2, -0.15) is 0 Å². The zero-order valence-corrected chi connectivity index (χ0v) is 15.7. The summed E-state index contributed by atoms with van der Waals surface area (Å²) in [7, 11) is 0. The highest BCUT2D eigenvalue weighted by molar-refractivity contribution is 9.10. The lowest BCUT2D eigenvalue weighted by molar-refractivity contribution is 0.0943. The summed E-state index contributed by atoms with van der Waals surface area (Å²) >= 11 is 5.07. The van der Waals surface area contributed by atoms with E-state index < -0.39 is 0 Å². The Morgan fingerprint density at radius 2 is 1.92 bits per heavy atom. The third kappa shape index (κ3) is 3.94. The molecule has 0 aliphatic rings. The number of aryl methyl sites for hydroxylation is 1. The van der Waals surface area contributed by atoms with Gasteiger partial charge >= 0.3 is 0 Å². The average Bonchev–Trinajstić information content (AvgIpc) is 3.14. The number of halogens is 1. The first-order valence-electron chi connectivity index (χ1n) is 7.86. The molecule has 3 aromatic rings. The third-order valence-electron chi connectivity index (χ3n) is 3.91. The largest absolute Gasteiger partial charge is 0.340 e. The van der Waals surface area contributed by atoms with Crippen molar-refractivity contribution in [2.45, 2.75) is 19.4 Å². The molecule has 0 unspecified atom stereocenters.